The smallest absolute Gasteiger partial charge is 0.224 e. The molecule has 0 unspecified atom stereocenters. The maximum absolute atomic E-state index is 12.2. The number of carbonyl (C=O) groups is 1. The lowest BCUT2D eigenvalue weighted by molar-refractivity contribution is -0.120. The predicted molar refractivity (Wildman–Crippen MR) is 109 cm³/mol. The van der Waals surface area contributed by atoms with Crippen LogP contribution in [-0.2, 0) is 11.2 Å². The molecular weight excluding hydrogens is 354 g/mol. The van der Waals surface area contributed by atoms with E-state index >= 15 is 0 Å². The monoisotopic (exact) mass is 379 g/mol. The van der Waals surface area contributed by atoms with Crippen molar-refractivity contribution in [3.8, 4) is 11.6 Å². The molecule has 0 radical (unpaired) electrons. The number of anilines is 1. The molecule has 0 aliphatic heterocycles. The highest BCUT2D eigenvalue weighted by Crippen LogP contribution is 2.18. The summed E-state index contributed by atoms with van der Waals surface area (Å²) < 4.78 is 7.18. The highest BCUT2D eigenvalue weighted by Gasteiger charge is 2.06. The van der Waals surface area contributed by atoms with Gasteiger partial charge in [0.25, 0.3) is 0 Å². The molecule has 2 heterocycles. The second kappa shape index (κ2) is 9.03. The fourth-order valence-electron chi connectivity index (χ4n) is 2.95. The average molecular weight is 379 g/mol. The number of ether oxygens (including phenoxy) is 1. The van der Waals surface area contributed by atoms with E-state index in [1.165, 1.54) is 0 Å². The van der Waals surface area contributed by atoms with Crippen LogP contribution in [0.2, 0.25) is 0 Å². The first-order valence-electron chi connectivity index (χ1n) is 9.18. The number of benzene rings is 1. The van der Waals surface area contributed by atoms with Gasteiger partial charge in [-0.15, -0.1) is 0 Å². The van der Waals surface area contributed by atoms with Gasteiger partial charge in [-0.1, -0.05) is 12.1 Å². The second-order valence-electron chi connectivity index (χ2n) is 6.51. The molecule has 0 fully saturated rings. The number of hydrogen-bond acceptors (Lipinski definition) is 5. The van der Waals surface area contributed by atoms with Gasteiger partial charge in [0.05, 0.1) is 13.5 Å². The van der Waals surface area contributed by atoms with Gasteiger partial charge in [0, 0.05) is 31.5 Å². The molecule has 7 nitrogen and oxygen atoms in total. The van der Waals surface area contributed by atoms with E-state index < -0.39 is 0 Å². The number of amides is 1. The van der Waals surface area contributed by atoms with Crippen molar-refractivity contribution in [3.63, 3.8) is 0 Å². The van der Waals surface area contributed by atoms with E-state index in [2.05, 4.69) is 20.6 Å². The molecule has 28 heavy (non-hydrogen) atoms. The third kappa shape index (κ3) is 5.09. The largest absolute Gasteiger partial charge is 0.496 e. The van der Waals surface area contributed by atoms with Gasteiger partial charge < -0.3 is 19.9 Å². The Morgan fingerprint density at radius 1 is 1.11 bits per heavy atom. The van der Waals surface area contributed by atoms with Gasteiger partial charge in [-0.25, -0.2) is 9.97 Å². The summed E-state index contributed by atoms with van der Waals surface area (Å²) in [6.45, 7) is 4.91. The zero-order valence-electron chi connectivity index (χ0n) is 16.4. The standard InChI is InChI=1S/C21H25N5O2/c1-15-12-17(6-7-18(15)28-3)13-21(27)23-9-8-22-19-14-20(25-16(2)24-19)26-10-4-5-11-26/h4-7,10-12,14H,8-9,13H2,1-3H3,(H,23,27)(H,22,24,25). The molecular formula is C21H25N5O2. The van der Waals surface area contributed by atoms with E-state index in [1.807, 2.05) is 67.2 Å². The van der Waals surface area contributed by atoms with Crippen LogP contribution in [0.25, 0.3) is 5.82 Å². The van der Waals surface area contributed by atoms with Gasteiger partial charge in [0.15, 0.2) is 0 Å². The molecule has 0 spiro atoms. The van der Waals surface area contributed by atoms with Crippen LogP contribution in [0, 0.1) is 13.8 Å². The van der Waals surface area contributed by atoms with Crippen LogP contribution < -0.4 is 15.4 Å². The molecule has 0 atom stereocenters. The van der Waals surface area contributed by atoms with E-state index in [9.17, 15) is 4.79 Å². The molecule has 2 N–H and O–H groups in total. The summed E-state index contributed by atoms with van der Waals surface area (Å²) in [6, 6.07) is 11.6. The van der Waals surface area contributed by atoms with Crippen LogP contribution in [0.3, 0.4) is 0 Å². The summed E-state index contributed by atoms with van der Waals surface area (Å²) in [5, 5.41) is 6.16. The molecule has 0 aliphatic rings. The van der Waals surface area contributed by atoms with Crippen LogP contribution in [0.5, 0.6) is 5.75 Å². The lowest BCUT2D eigenvalue weighted by Gasteiger charge is -2.11. The predicted octanol–water partition coefficient (Wildman–Crippen LogP) is 2.66. The van der Waals surface area contributed by atoms with Crippen LogP contribution in [-0.4, -0.2) is 40.6 Å². The van der Waals surface area contributed by atoms with Crippen LogP contribution in [0.1, 0.15) is 17.0 Å². The van der Waals surface area contributed by atoms with Crippen molar-refractivity contribution in [3.05, 3.63) is 65.7 Å². The molecule has 0 bridgehead atoms. The van der Waals surface area contributed by atoms with Crippen molar-refractivity contribution in [2.75, 3.05) is 25.5 Å². The quantitative estimate of drug-likeness (QED) is 0.588. The highest BCUT2D eigenvalue weighted by molar-refractivity contribution is 5.78. The second-order valence-corrected chi connectivity index (χ2v) is 6.51. The number of nitrogens with zero attached hydrogens (tertiary/aromatic N) is 3. The zero-order valence-corrected chi connectivity index (χ0v) is 16.4. The van der Waals surface area contributed by atoms with Crippen molar-refractivity contribution in [2.24, 2.45) is 0 Å². The molecule has 0 saturated carbocycles. The summed E-state index contributed by atoms with van der Waals surface area (Å²) in [7, 11) is 1.64. The van der Waals surface area contributed by atoms with Gasteiger partial charge in [-0.2, -0.15) is 0 Å². The van der Waals surface area contributed by atoms with E-state index in [0.717, 1.165) is 28.5 Å². The minimum absolute atomic E-state index is 0.0155. The number of methoxy groups -OCH3 is 1. The van der Waals surface area contributed by atoms with Gasteiger partial charge in [0.2, 0.25) is 5.91 Å². The van der Waals surface area contributed by atoms with Crippen molar-refractivity contribution >= 4 is 11.7 Å². The minimum Gasteiger partial charge on any atom is -0.496 e. The first-order valence-corrected chi connectivity index (χ1v) is 9.18. The van der Waals surface area contributed by atoms with Gasteiger partial charge in [-0.05, 0) is 43.2 Å². The Morgan fingerprint density at radius 2 is 1.89 bits per heavy atom. The van der Waals surface area contributed by atoms with Crippen LogP contribution >= 0.6 is 0 Å². The Balaban J connectivity index is 1.48. The molecule has 3 rings (SSSR count). The van der Waals surface area contributed by atoms with Crippen molar-refractivity contribution in [2.45, 2.75) is 20.3 Å². The minimum atomic E-state index is -0.0155. The summed E-state index contributed by atoms with van der Waals surface area (Å²) in [5.74, 6) is 3.04. The summed E-state index contributed by atoms with van der Waals surface area (Å²) >= 11 is 0. The maximum atomic E-state index is 12.2. The Kier molecular flexibility index (Phi) is 6.26. The van der Waals surface area contributed by atoms with Gasteiger partial charge in [-0.3, -0.25) is 4.79 Å². The average Bonchev–Trinajstić information content (AvgIpc) is 3.20. The molecule has 2 aromatic heterocycles. The van der Waals surface area contributed by atoms with Crippen molar-refractivity contribution in [1.29, 1.82) is 0 Å². The number of aromatic nitrogens is 3. The molecule has 0 saturated heterocycles. The van der Waals surface area contributed by atoms with Gasteiger partial charge >= 0.3 is 0 Å². The van der Waals surface area contributed by atoms with Gasteiger partial charge in [0.1, 0.15) is 23.2 Å². The van der Waals surface area contributed by atoms with Crippen LogP contribution in [0.15, 0.2) is 48.8 Å². The van der Waals surface area contributed by atoms with E-state index in [4.69, 9.17) is 4.74 Å². The highest BCUT2D eigenvalue weighted by atomic mass is 16.5. The summed E-state index contributed by atoms with van der Waals surface area (Å²) in [6.07, 6.45) is 4.22. The zero-order chi connectivity index (χ0) is 19.9. The molecule has 0 aliphatic carbocycles. The third-order valence-corrected chi connectivity index (χ3v) is 4.27. The fourth-order valence-corrected chi connectivity index (χ4v) is 2.95. The molecule has 7 heteroatoms. The Morgan fingerprint density at radius 3 is 2.61 bits per heavy atom. The van der Waals surface area contributed by atoms with E-state index in [-0.39, 0.29) is 5.91 Å². The molecule has 1 amide bonds. The normalized spacial score (nSPS) is 10.5. The number of nitrogens with one attached hydrogen (secondary N) is 2. The van der Waals surface area contributed by atoms with Crippen molar-refractivity contribution < 1.29 is 9.53 Å². The number of rotatable bonds is 8. The fraction of sp³-hybridized carbons (Fsp3) is 0.286. The first-order chi connectivity index (χ1) is 13.5. The van der Waals surface area contributed by atoms with E-state index in [1.54, 1.807) is 7.11 Å². The number of hydrogen-bond donors (Lipinski definition) is 2. The topological polar surface area (TPSA) is 81.1 Å². The molecule has 1 aromatic carbocycles. The molecule has 3 aromatic rings. The summed E-state index contributed by atoms with van der Waals surface area (Å²) in [5.41, 5.74) is 1.98. The first kappa shape index (κ1) is 19.4. The number of aryl methyl sites for hydroxylation is 2. The molecule has 146 valence electrons. The van der Waals surface area contributed by atoms with Crippen molar-refractivity contribution in [1.82, 2.24) is 19.9 Å². The Bertz CT molecular complexity index is 938. The lowest BCUT2D eigenvalue weighted by Crippen LogP contribution is -2.30. The van der Waals surface area contributed by atoms with E-state index in [0.29, 0.717) is 25.3 Å². The lowest BCUT2D eigenvalue weighted by atomic mass is 10.1. The Hall–Kier alpha value is -3.35. The third-order valence-electron chi connectivity index (χ3n) is 4.27. The SMILES string of the molecule is COc1ccc(CC(=O)NCCNc2cc(-n3cccc3)nc(C)n2)cc1C. The maximum Gasteiger partial charge on any atom is 0.224 e. The van der Waals surface area contributed by atoms with Crippen LogP contribution in [0.4, 0.5) is 5.82 Å². The number of carbonyl (C=O) groups excluding carboxylic acids is 1. The Labute approximate surface area is 164 Å². The summed E-state index contributed by atoms with van der Waals surface area (Å²) in [4.78, 5) is 21.0.